The maximum atomic E-state index is 13.7. The van der Waals surface area contributed by atoms with E-state index in [4.69, 9.17) is 22.4 Å². The summed E-state index contributed by atoms with van der Waals surface area (Å²) in [5.74, 6) is -2.87. The molecule has 1 atom stereocenters. The van der Waals surface area contributed by atoms with Crippen LogP contribution < -0.4 is 5.73 Å². The fraction of sp³-hybridized carbons (Fsp3) is 0.300. The van der Waals surface area contributed by atoms with E-state index in [0.29, 0.717) is 5.56 Å². The molecule has 1 unspecified atom stereocenters. The van der Waals surface area contributed by atoms with E-state index in [9.17, 15) is 9.18 Å². The molecule has 0 amide bonds. The number of carboxylic acid groups (broad SMARTS) is 1. The van der Waals surface area contributed by atoms with Gasteiger partial charge in [0.1, 0.15) is 5.82 Å². The first-order valence-electron chi connectivity index (χ1n) is 4.36. The number of carbonyl (C=O) groups is 1. The van der Waals surface area contributed by atoms with E-state index in [-0.39, 0.29) is 17.1 Å². The van der Waals surface area contributed by atoms with Gasteiger partial charge < -0.3 is 10.8 Å². The third kappa shape index (κ3) is 2.27. The minimum Gasteiger partial charge on any atom is -0.481 e. The second-order valence-electron chi connectivity index (χ2n) is 3.22. The number of aliphatic carboxylic acids is 1. The summed E-state index contributed by atoms with van der Waals surface area (Å²) in [6.07, 6.45) is 0. The quantitative estimate of drug-likeness (QED) is 0.835. The van der Waals surface area contributed by atoms with Crippen molar-refractivity contribution in [1.82, 2.24) is 0 Å². The molecule has 0 aliphatic heterocycles. The van der Waals surface area contributed by atoms with Gasteiger partial charge in [-0.2, -0.15) is 0 Å². The summed E-state index contributed by atoms with van der Waals surface area (Å²) in [7, 11) is 0. The molecule has 1 rings (SSSR count). The average molecular weight is 232 g/mol. The van der Waals surface area contributed by atoms with Crippen LogP contribution in [-0.2, 0) is 4.79 Å². The van der Waals surface area contributed by atoms with Gasteiger partial charge >= 0.3 is 5.97 Å². The normalized spacial score (nSPS) is 12.5. The molecule has 0 fully saturated rings. The molecule has 0 aliphatic rings. The number of hydrogen-bond acceptors (Lipinski definition) is 2. The van der Waals surface area contributed by atoms with Gasteiger partial charge in [-0.05, 0) is 18.6 Å². The summed E-state index contributed by atoms with van der Waals surface area (Å²) in [6, 6.07) is 2.97. The molecule has 3 N–H and O–H groups in total. The highest BCUT2D eigenvalue weighted by Crippen LogP contribution is 2.29. The number of hydrogen-bond donors (Lipinski definition) is 2. The van der Waals surface area contributed by atoms with Crippen LogP contribution in [0.4, 0.5) is 4.39 Å². The minimum atomic E-state index is -1.18. The van der Waals surface area contributed by atoms with Crippen LogP contribution in [-0.4, -0.2) is 17.6 Å². The van der Waals surface area contributed by atoms with Crippen molar-refractivity contribution in [1.29, 1.82) is 0 Å². The van der Waals surface area contributed by atoms with Crippen molar-refractivity contribution in [3.8, 4) is 0 Å². The Hall–Kier alpha value is -1.13. The highest BCUT2D eigenvalue weighted by molar-refractivity contribution is 6.31. The molecule has 0 radical (unpaired) electrons. The highest BCUT2D eigenvalue weighted by Gasteiger charge is 2.25. The SMILES string of the molecule is Cc1ccc(Cl)c(C(CN)C(=O)O)c1F. The van der Waals surface area contributed by atoms with Crippen molar-refractivity contribution in [2.75, 3.05) is 6.54 Å². The van der Waals surface area contributed by atoms with Crippen molar-refractivity contribution in [3.05, 3.63) is 34.1 Å². The number of benzene rings is 1. The van der Waals surface area contributed by atoms with Crippen molar-refractivity contribution < 1.29 is 14.3 Å². The molecule has 15 heavy (non-hydrogen) atoms. The molecular formula is C10H11ClFNO2. The lowest BCUT2D eigenvalue weighted by molar-refractivity contribution is -0.138. The van der Waals surface area contributed by atoms with Gasteiger partial charge in [-0.1, -0.05) is 17.7 Å². The zero-order valence-electron chi connectivity index (χ0n) is 8.13. The van der Waals surface area contributed by atoms with E-state index >= 15 is 0 Å². The Morgan fingerprint density at radius 3 is 2.73 bits per heavy atom. The first-order valence-corrected chi connectivity index (χ1v) is 4.74. The standard InChI is InChI=1S/C10H11ClFNO2/c1-5-2-3-7(11)8(9(5)12)6(4-13)10(14)15/h2-3,6H,4,13H2,1H3,(H,14,15). The average Bonchev–Trinajstić information content (AvgIpc) is 2.18. The molecule has 0 aromatic heterocycles. The molecule has 3 nitrogen and oxygen atoms in total. The Morgan fingerprint density at radius 1 is 1.67 bits per heavy atom. The number of halogens is 2. The maximum absolute atomic E-state index is 13.7. The lowest BCUT2D eigenvalue weighted by Crippen LogP contribution is -2.22. The Bertz CT molecular complexity index is 395. The van der Waals surface area contributed by atoms with Gasteiger partial charge in [0.2, 0.25) is 0 Å². The molecule has 0 aliphatic carbocycles. The zero-order valence-corrected chi connectivity index (χ0v) is 8.88. The third-order valence-corrected chi connectivity index (χ3v) is 2.53. The van der Waals surface area contributed by atoms with E-state index in [0.717, 1.165) is 0 Å². The van der Waals surface area contributed by atoms with Crippen LogP contribution >= 0.6 is 11.6 Å². The largest absolute Gasteiger partial charge is 0.481 e. The minimum absolute atomic E-state index is 0.0355. The topological polar surface area (TPSA) is 63.3 Å². The summed E-state index contributed by atoms with van der Waals surface area (Å²) in [5, 5.41) is 8.95. The summed E-state index contributed by atoms with van der Waals surface area (Å²) in [6.45, 7) is 1.36. The van der Waals surface area contributed by atoms with Crippen LogP contribution in [0.2, 0.25) is 5.02 Å². The maximum Gasteiger partial charge on any atom is 0.312 e. The molecular weight excluding hydrogens is 221 g/mol. The summed E-state index contributed by atoms with van der Waals surface area (Å²) in [5.41, 5.74) is 5.61. The molecule has 82 valence electrons. The van der Waals surface area contributed by atoms with E-state index in [1.807, 2.05) is 0 Å². The van der Waals surface area contributed by atoms with Crippen molar-refractivity contribution in [3.63, 3.8) is 0 Å². The van der Waals surface area contributed by atoms with Gasteiger partial charge in [-0.15, -0.1) is 0 Å². The van der Waals surface area contributed by atoms with Crippen LogP contribution in [0, 0.1) is 12.7 Å². The van der Waals surface area contributed by atoms with Crippen molar-refractivity contribution in [2.45, 2.75) is 12.8 Å². The van der Waals surface area contributed by atoms with Gasteiger partial charge in [0.05, 0.1) is 5.92 Å². The van der Waals surface area contributed by atoms with E-state index in [1.54, 1.807) is 6.92 Å². The van der Waals surface area contributed by atoms with Crippen LogP contribution in [0.3, 0.4) is 0 Å². The van der Waals surface area contributed by atoms with E-state index < -0.39 is 17.7 Å². The zero-order chi connectivity index (χ0) is 11.6. The van der Waals surface area contributed by atoms with Crippen LogP contribution in [0.15, 0.2) is 12.1 Å². The number of nitrogens with two attached hydrogens (primary N) is 1. The molecule has 5 heteroatoms. The highest BCUT2D eigenvalue weighted by atomic mass is 35.5. The first kappa shape index (κ1) is 11.9. The first-order chi connectivity index (χ1) is 6.99. The summed E-state index contributed by atoms with van der Waals surface area (Å²) in [4.78, 5) is 10.8. The lowest BCUT2D eigenvalue weighted by Gasteiger charge is -2.14. The van der Waals surface area contributed by atoms with Gasteiger partial charge in [-0.3, -0.25) is 4.79 Å². The van der Waals surface area contributed by atoms with E-state index in [1.165, 1.54) is 12.1 Å². The number of carboxylic acids is 1. The number of rotatable bonds is 3. The van der Waals surface area contributed by atoms with Crippen LogP contribution in [0.25, 0.3) is 0 Å². The summed E-state index contributed by atoms with van der Waals surface area (Å²) >= 11 is 5.76. The molecule has 0 saturated heterocycles. The second-order valence-corrected chi connectivity index (χ2v) is 3.63. The smallest absolute Gasteiger partial charge is 0.312 e. The van der Waals surface area contributed by atoms with Crippen molar-refractivity contribution >= 4 is 17.6 Å². The molecule has 0 saturated carbocycles. The predicted octanol–water partition coefficient (Wildman–Crippen LogP) is 1.91. The summed E-state index contributed by atoms with van der Waals surface area (Å²) < 4.78 is 13.7. The van der Waals surface area contributed by atoms with Gasteiger partial charge in [0.15, 0.2) is 0 Å². The predicted molar refractivity (Wildman–Crippen MR) is 55.6 cm³/mol. The molecule has 0 bridgehead atoms. The monoisotopic (exact) mass is 231 g/mol. The Kier molecular flexibility index (Phi) is 3.66. The Labute approximate surface area is 91.7 Å². The van der Waals surface area contributed by atoms with Crippen molar-refractivity contribution in [2.24, 2.45) is 5.73 Å². The second kappa shape index (κ2) is 4.59. The van der Waals surface area contributed by atoms with Gasteiger partial charge in [0.25, 0.3) is 0 Å². The van der Waals surface area contributed by atoms with Crippen LogP contribution in [0.1, 0.15) is 17.0 Å². The molecule has 1 aromatic carbocycles. The number of aryl methyl sites for hydroxylation is 1. The fourth-order valence-electron chi connectivity index (χ4n) is 1.34. The fourth-order valence-corrected chi connectivity index (χ4v) is 1.62. The van der Waals surface area contributed by atoms with E-state index in [2.05, 4.69) is 0 Å². The Balaban J connectivity index is 3.34. The lowest BCUT2D eigenvalue weighted by atomic mass is 9.97. The third-order valence-electron chi connectivity index (χ3n) is 2.20. The van der Waals surface area contributed by atoms with Gasteiger partial charge in [-0.25, -0.2) is 4.39 Å². The Morgan fingerprint density at radius 2 is 2.27 bits per heavy atom. The van der Waals surface area contributed by atoms with Crippen LogP contribution in [0.5, 0.6) is 0 Å². The molecule has 1 aromatic rings. The molecule has 0 heterocycles. The molecule has 0 spiro atoms. The van der Waals surface area contributed by atoms with Gasteiger partial charge in [0, 0.05) is 17.1 Å².